The molecule has 0 aromatic heterocycles. The van der Waals surface area contributed by atoms with E-state index in [2.05, 4.69) is 13.8 Å². The van der Waals surface area contributed by atoms with E-state index in [1.165, 1.54) is 25.7 Å². The maximum atomic E-state index is 6.07. The van der Waals surface area contributed by atoms with Gasteiger partial charge in [0.25, 0.3) is 0 Å². The average molecular weight is 254 g/mol. The van der Waals surface area contributed by atoms with Crippen LogP contribution in [0.2, 0.25) is 0 Å². The summed E-state index contributed by atoms with van der Waals surface area (Å²) in [5.41, 5.74) is 0. The zero-order chi connectivity index (χ0) is 12.7. The first-order chi connectivity index (χ1) is 8.72. The summed E-state index contributed by atoms with van der Waals surface area (Å²) in [4.78, 5) is 0. The molecule has 0 spiro atoms. The van der Waals surface area contributed by atoms with E-state index in [1.54, 1.807) is 7.11 Å². The molecule has 3 aliphatic rings. The Kier molecular flexibility index (Phi) is 3.65. The molecule has 0 amide bonds. The van der Waals surface area contributed by atoms with E-state index in [1.807, 2.05) is 0 Å². The van der Waals surface area contributed by atoms with Crippen molar-refractivity contribution in [3.63, 3.8) is 0 Å². The lowest BCUT2D eigenvalue weighted by atomic mass is 9.61. The first kappa shape index (κ1) is 12.9. The Labute approximate surface area is 110 Å². The van der Waals surface area contributed by atoms with Crippen LogP contribution in [-0.2, 0) is 14.2 Å². The molecule has 3 nitrogen and oxygen atoms in total. The van der Waals surface area contributed by atoms with Crippen LogP contribution in [0.25, 0.3) is 0 Å². The van der Waals surface area contributed by atoms with Gasteiger partial charge in [-0.3, -0.25) is 0 Å². The van der Waals surface area contributed by atoms with Crippen LogP contribution in [0.4, 0.5) is 0 Å². The molecule has 18 heavy (non-hydrogen) atoms. The van der Waals surface area contributed by atoms with E-state index in [0.717, 1.165) is 18.4 Å². The molecule has 3 fully saturated rings. The van der Waals surface area contributed by atoms with Gasteiger partial charge in [-0.15, -0.1) is 0 Å². The molecule has 2 heterocycles. The summed E-state index contributed by atoms with van der Waals surface area (Å²) in [7, 11) is 1.75. The molecule has 3 rings (SSSR count). The lowest BCUT2D eigenvalue weighted by molar-refractivity contribution is -0.321. The summed E-state index contributed by atoms with van der Waals surface area (Å²) >= 11 is 0. The van der Waals surface area contributed by atoms with Crippen LogP contribution in [0.3, 0.4) is 0 Å². The number of methoxy groups -OCH3 is 1. The molecule has 0 radical (unpaired) electrons. The number of hydrogen-bond donors (Lipinski definition) is 0. The van der Waals surface area contributed by atoms with Crippen molar-refractivity contribution in [2.45, 2.75) is 52.1 Å². The summed E-state index contributed by atoms with van der Waals surface area (Å²) < 4.78 is 17.6. The monoisotopic (exact) mass is 254 g/mol. The third-order valence-corrected chi connectivity index (χ3v) is 5.56. The zero-order valence-corrected chi connectivity index (χ0v) is 11.8. The van der Waals surface area contributed by atoms with E-state index in [9.17, 15) is 0 Å². The van der Waals surface area contributed by atoms with Crippen LogP contribution in [0.5, 0.6) is 0 Å². The van der Waals surface area contributed by atoms with Crippen molar-refractivity contribution in [2.24, 2.45) is 29.6 Å². The lowest BCUT2D eigenvalue weighted by Crippen LogP contribution is -2.53. The van der Waals surface area contributed by atoms with Crippen molar-refractivity contribution in [3.8, 4) is 0 Å². The van der Waals surface area contributed by atoms with Crippen LogP contribution >= 0.6 is 0 Å². The summed E-state index contributed by atoms with van der Waals surface area (Å²) in [6, 6.07) is 0. The van der Waals surface area contributed by atoms with Crippen LogP contribution in [0, 0.1) is 29.6 Å². The molecule has 1 aliphatic carbocycles. The second-order valence-electron chi connectivity index (χ2n) is 6.44. The normalized spacial score (nSPS) is 52.5. The van der Waals surface area contributed by atoms with Gasteiger partial charge in [-0.1, -0.05) is 20.3 Å². The Morgan fingerprint density at radius 3 is 2.67 bits per heavy atom. The highest BCUT2D eigenvalue weighted by molar-refractivity contribution is 4.94. The van der Waals surface area contributed by atoms with Gasteiger partial charge >= 0.3 is 0 Å². The zero-order valence-electron chi connectivity index (χ0n) is 11.8. The Hall–Kier alpha value is -0.120. The molecule has 7 atom stereocenters. The fourth-order valence-electron chi connectivity index (χ4n) is 4.54. The molecular weight excluding hydrogens is 228 g/mol. The number of ether oxygens (including phenoxy) is 3. The van der Waals surface area contributed by atoms with Crippen LogP contribution in [0.15, 0.2) is 0 Å². The van der Waals surface area contributed by atoms with Gasteiger partial charge in [-0.05, 0) is 37.0 Å². The van der Waals surface area contributed by atoms with Crippen LogP contribution < -0.4 is 0 Å². The molecule has 1 saturated carbocycles. The van der Waals surface area contributed by atoms with E-state index < -0.39 is 0 Å². The molecule has 3 heteroatoms. The van der Waals surface area contributed by atoms with Crippen molar-refractivity contribution in [3.05, 3.63) is 0 Å². The second-order valence-corrected chi connectivity index (χ2v) is 6.44. The molecular formula is C15H26O3. The van der Waals surface area contributed by atoms with E-state index in [0.29, 0.717) is 17.8 Å². The first-order valence-corrected chi connectivity index (χ1v) is 7.52. The molecule has 0 N–H and O–H groups in total. The molecule has 0 aromatic carbocycles. The molecule has 3 unspecified atom stereocenters. The maximum absolute atomic E-state index is 6.07. The predicted octanol–water partition coefficient (Wildman–Crippen LogP) is 3.04. The van der Waals surface area contributed by atoms with E-state index >= 15 is 0 Å². The Balaban J connectivity index is 1.88. The summed E-state index contributed by atoms with van der Waals surface area (Å²) in [5, 5.41) is 0. The highest BCUT2D eigenvalue weighted by atomic mass is 16.8. The summed E-state index contributed by atoms with van der Waals surface area (Å²) in [5.74, 6) is 3.42. The Bertz CT molecular complexity index is 293. The van der Waals surface area contributed by atoms with Gasteiger partial charge in [-0.25, -0.2) is 0 Å². The highest BCUT2D eigenvalue weighted by Crippen LogP contribution is 2.51. The SMILES string of the molecule is CO[C@H]1O[C@@H]2OCCCC3C(C)CC[C@H](C32)[C@H]1C. The molecule has 2 saturated heterocycles. The fourth-order valence-corrected chi connectivity index (χ4v) is 4.54. The van der Waals surface area contributed by atoms with Gasteiger partial charge in [-0.2, -0.15) is 0 Å². The highest BCUT2D eigenvalue weighted by Gasteiger charge is 2.51. The Morgan fingerprint density at radius 1 is 1.06 bits per heavy atom. The topological polar surface area (TPSA) is 27.7 Å². The first-order valence-electron chi connectivity index (χ1n) is 7.52. The standard InChI is InChI=1S/C15H26O3/c1-9-6-7-12-10(2)14(16-3)18-15-13(12)11(9)5-4-8-17-15/h9-15H,4-8H2,1-3H3/t9?,10-,11?,12+,13?,14+,15+/m1/s1. The molecule has 2 aliphatic heterocycles. The van der Waals surface area contributed by atoms with Gasteiger partial charge in [0.1, 0.15) is 0 Å². The van der Waals surface area contributed by atoms with Gasteiger partial charge in [0.05, 0.1) is 0 Å². The van der Waals surface area contributed by atoms with Crippen molar-refractivity contribution in [2.75, 3.05) is 13.7 Å². The summed E-state index contributed by atoms with van der Waals surface area (Å²) in [6.45, 7) is 5.55. The maximum Gasteiger partial charge on any atom is 0.164 e. The number of rotatable bonds is 1. The third-order valence-electron chi connectivity index (χ3n) is 5.56. The van der Waals surface area contributed by atoms with Crippen molar-refractivity contribution >= 4 is 0 Å². The van der Waals surface area contributed by atoms with Crippen LogP contribution in [0.1, 0.15) is 39.5 Å². The van der Waals surface area contributed by atoms with Gasteiger partial charge in [0.2, 0.25) is 0 Å². The second kappa shape index (κ2) is 5.10. The lowest BCUT2D eigenvalue weighted by Gasteiger charge is -2.51. The quantitative estimate of drug-likeness (QED) is 0.720. The average Bonchev–Trinajstić information content (AvgIpc) is 2.59. The van der Waals surface area contributed by atoms with Crippen molar-refractivity contribution in [1.82, 2.24) is 0 Å². The van der Waals surface area contributed by atoms with Gasteiger partial charge < -0.3 is 14.2 Å². The third kappa shape index (κ3) is 2.00. The van der Waals surface area contributed by atoms with E-state index in [4.69, 9.17) is 14.2 Å². The smallest absolute Gasteiger partial charge is 0.164 e. The summed E-state index contributed by atoms with van der Waals surface area (Å²) in [6.07, 6.45) is 5.07. The fraction of sp³-hybridized carbons (Fsp3) is 1.00. The molecule has 0 bridgehead atoms. The molecule has 104 valence electrons. The largest absolute Gasteiger partial charge is 0.355 e. The Morgan fingerprint density at radius 2 is 1.89 bits per heavy atom. The van der Waals surface area contributed by atoms with Crippen molar-refractivity contribution < 1.29 is 14.2 Å². The number of hydrogen-bond acceptors (Lipinski definition) is 3. The van der Waals surface area contributed by atoms with Crippen molar-refractivity contribution in [1.29, 1.82) is 0 Å². The van der Waals surface area contributed by atoms with E-state index in [-0.39, 0.29) is 12.6 Å². The predicted molar refractivity (Wildman–Crippen MR) is 68.9 cm³/mol. The van der Waals surface area contributed by atoms with Gasteiger partial charge in [0.15, 0.2) is 12.6 Å². The molecule has 0 aromatic rings. The minimum absolute atomic E-state index is 0.0219. The van der Waals surface area contributed by atoms with Crippen LogP contribution in [-0.4, -0.2) is 26.3 Å². The van der Waals surface area contributed by atoms with Gasteiger partial charge in [0, 0.05) is 25.6 Å². The minimum Gasteiger partial charge on any atom is -0.355 e. The minimum atomic E-state index is -0.0802.